The molecule has 0 saturated carbocycles. The number of piperazine rings is 1. The average Bonchev–Trinajstić information content (AvgIpc) is 3.28. The highest BCUT2D eigenvalue weighted by atomic mass is 35.5. The Morgan fingerprint density at radius 3 is 2.55 bits per heavy atom. The maximum absolute atomic E-state index is 12.4. The highest BCUT2D eigenvalue weighted by Gasteiger charge is 2.20. The minimum Gasteiger partial charge on any atom is -0.492 e. The van der Waals surface area contributed by atoms with Crippen molar-refractivity contribution in [2.24, 2.45) is 0 Å². The lowest BCUT2D eigenvalue weighted by molar-refractivity contribution is -0.133. The molecule has 1 saturated heterocycles. The van der Waals surface area contributed by atoms with Gasteiger partial charge >= 0.3 is 0 Å². The van der Waals surface area contributed by atoms with Gasteiger partial charge in [-0.05, 0) is 42.1 Å². The molecule has 1 N–H and O–H groups in total. The summed E-state index contributed by atoms with van der Waals surface area (Å²) >= 11 is 7.36. The summed E-state index contributed by atoms with van der Waals surface area (Å²) in [5.41, 5.74) is 0.678. The van der Waals surface area contributed by atoms with Crippen molar-refractivity contribution >= 4 is 34.8 Å². The van der Waals surface area contributed by atoms with E-state index in [4.69, 9.17) is 16.3 Å². The molecule has 0 atom stereocenters. The molecule has 0 radical (unpaired) electrons. The molecule has 1 aromatic carbocycles. The third kappa shape index (κ3) is 7.03. The second-order valence-electron chi connectivity index (χ2n) is 6.90. The van der Waals surface area contributed by atoms with Gasteiger partial charge in [0.25, 0.3) is 5.91 Å². The first-order chi connectivity index (χ1) is 14.1. The van der Waals surface area contributed by atoms with Crippen LogP contribution in [0.25, 0.3) is 0 Å². The van der Waals surface area contributed by atoms with Crippen molar-refractivity contribution < 1.29 is 14.3 Å². The van der Waals surface area contributed by atoms with Crippen LogP contribution in [0, 0.1) is 0 Å². The smallest absolute Gasteiger partial charge is 0.252 e. The second kappa shape index (κ2) is 11.2. The molecule has 0 spiro atoms. The van der Waals surface area contributed by atoms with Gasteiger partial charge in [0, 0.05) is 61.7 Å². The number of thiophene rings is 1. The Hall–Kier alpha value is -2.09. The van der Waals surface area contributed by atoms with Crippen LogP contribution in [0.5, 0.6) is 5.75 Å². The van der Waals surface area contributed by atoms with E-state index < -0.39 is 0 Å². The molecule has 1 aliphatic heterocycles. The van der Waals surface area contributed by atoms with Crippen LogP contribution in [-0.4, -0.2) is 67.5 Å². The van der Waals surface area contributed by atoms with Crippen LogP contribution in [0.2, 0.25) is 5.02 Å². The van der Waals surface area contributed by atoms with Gasteiger partial charge in [-0.25, -0.2) is 0 Å². The molecule has 0 bridgehead atoms. The summed E-state index contributed by atoms with van der Waals surface area (Å²) in [5.74, 6) is 0.897. The minimum absolute atomic E-state index is 0.0758. The van der Waals surface area contributed by atoms with Crippen LogP contribution >= 0.6 is 22.9 Å². The van der Waals surface area contributed by atoms with Gasteiger partial charge in [-0.1, -0.05) is 11.6 Å². The quantitative estimate of drug-likeness (QED) is 0.615. The van der Waals surface area contributed by atoms with Gasteiger partial charge in [0.1, 0.15) is 12.4 Å². The second-order valence-corrected chi connectivity index (χ2v) is 8.11. The number of carbonyl (C=O) groups is 2. The maximum atomic E-state index is 12.4. The van der Waals surface area contributed by atoms with E-state index in [-0.39, 0.29) is 11.8 Å². The number of hydrogen-bond donors (Lipinski definition) is 1. The normalized spacial score (nSPS) is 14.6. The van der Waals surface area contributed by atoms with E-state index in [2.05, 4.69) is 10.2 Å². The summed E-state index contributed by atoms with van der Waals surface area (Å²) in [6.45, 7) is 5.14. The van der Waals surface area contributed by atoms with Crippen molar-refractivity contribution in [2.45, 2.75) is 12.8 Å². The van der Waals surface area contributed by atoms with Crippen LogP contribution < -0.4 is 10.1 Å². The standard InChI is InChI=1S/C21H26ClN3O3S/c22-18-3-5-19(6-4-18)28-14-13-24-9-11-25(12-10-24)20(26)2-1-8-23-21(27)17-7-15-29-16-17/h3-7,15-16H,1-2,8-14H2,(H,23,27). The van der Waals surface area contributed by atoms with Crippen molar-refractivity contribution in [3.8, 4) is 5.75 Å². The van der Waals surface area contributed by atoms with Gasteiger partial charge in [0.15, 0.2) is 0 Å². The van der Waals surface area contributed by atoms with E-state index in [0.717, 1.165) is 38.5 Å². The molecule has 2 heterocycles. The zero-order valence-corrected chi connectivity index (χ0v) is 17.9. The highest BCUT2D eigenvalue weighted by Crippen LogP contribution is 2.15. The fraction of sp³-hybridized carbons (Fsp3) is 0.429. The molecule has 2 amide bonds. The Bertz CT molecular complexity index is 775. The van der Waals surface area contributed by atoms with Crippen molar-refractivity contribution in [1.82, 2.24) is 15.1 Å². The summed E-state index contributed by atoms with van der Waals surface area (Å²) in [7, 11) is 0. The van der Waals surface area contributed by atoms with Crippen LogP contribution in [0.4, 0.5) is 0 Å². The summed E-state index contributed by atoms with van der Waals surface area (Å²) in [6.07, 6.45) is 1.12. The maximum Gasteiger partial charge on any atom is 0.252 e. The number of ether oxygens (including phenoxy) is 1. The van der Waals surface area contributed by atoms with Crippen molar-refractivity contribution in [3.05, 3.63) is 51.7 Å². The Kier molecular flexibility index (Phi) is 8.34. The monoisotopic (exact) mass is 435 g/mol. The van der Waals surface area contributed by atoms with Crippen molar-refractivity contribution in [2.75, 3.05) is 45.9 Å². The molecule has 156 valence electrons. The Balaban J connectivity index is 1.26. The van der Waals surface area contributed by atoms with Gasteiger partial charge in [0.2, 0.25) is 5.91 Å². The van der Waals surface area contributed by atoms with Gasteiger partial charge in [0.05, 0.1) is 0 Å². The van der Waals surface area contributed by atoms with Crippen LogP contribution in [-0.2, 0) is 4.79 Å². The predicted molar refractivity (Wildman–Crippen MR) is 116 cm³/mol. The highest BCUT2D eigenvalue weighted by molar-refractivity contribution is 7.08. The predicted octanol–water partition coefficient (Wildman–Crippen LogP) is 3.13. The van der Waals surface area contributed by atoms with E-state index in [1.54, 1.807) is 6.07 Å². The lowest BCUT2D eigenvalue weighted by Gasteiger charge is -2.34. The third-order valence-electron chi connectivity index (χ3n) is 4.85. The summed E-state index contributed by atoms with van der Waals surface area (Å²) in [4.78, 5) is 28.4. The first-order valence-corrected chi connectivity index (χ1v) is 11.1. The molecule has 29 heavy (non-hydrogen) atoms. The molecular formula is C21H26ClN3O3S. The number of nitrogens with one attached hydrogen (secondary N) is 1. The summed E-state index contributed by atoms with van der Waals surface area (Å²) < 4.78 is 5.73. The Morgan fingerprint density at radius 2 is 1.86 bits per heavy atom. The fourth-order valence-corrected chi connectivity index (χ4v) is 3.90. The fourth-order valence-electron chi connectivity index (χ4n) is 3.14. The summed E-state index contributed by atoms with van der Waals surface area (Å²) in [5, 5.41) is 7.25. The van der Waals surface area contributed by atoms with Gasteiger partial charge in [-0.2, -0.15) is 11.3 Å². The zero-order chi connectivity index (χ0) is 20.5. The summed E-state index contributed by atoms with van der Waals surface area (Å²) in [6, 6.07) is 9.15. The number of halogens is 1. The average molecular weight is 436 g/mol. The Morgan fingerprint density at radius 1 is 1.10 bits per heavy atom. The minimum atomic E-state index is -0.0758. The lowest BCUT2D eigenvalue weighted by atomic mass is 10.2. The molecule has 6 nitrogen and oxygen atoms in total. The third-order valence-corrected chi connectivity index (χ3v) is 5.79. The van der Waals surface area contributed by atoms with Gasteiger partial charge in [-0.3, -0.25) is 14.5 Å². The van der Waals surface area contributed by atoms with Gasteiger partial charge < -0.3 is 15.0 Å². The number of amides is 2. The molecule has 0 aliphatic carbocycles. The molecule has 1 aromatic heterocycles. The zero-order valence-electron chi connectivity index (χ0n) is 16.3. The number of hydrogen-bond acceptors (Lipinski definition) is 5. The lowest BCUT2D eigenvalue weighted by Crippen LogP contribution is -2.49. The largest absolute Gasteiger partial charge is 0.492 e. The van der Waals surface area contributed by atoms with Crippen LogP contribution in [0.3, 0.4) is 0 Å². The Labute approximate surface area is 180 Å². The van der Waals surface area contributed by atoms with E-state index >= 15 is 0 Å². The molecule has 0 unspecified atom stereocenters. The number of nitrogens with zero attached hydrogens (tertiary/aromatic N) is 2. The number of rotatable bonds is 9. The molecule has 3 rings (SSSR count). The number of carbonyl (C=O) groups excluding carboxylic acids is 2. The molecule has 1 fully saturated rings. The first kappa shape index (κ1) is 21.6. The van der Waals surface area contributed by atoms with Crippen molar-refractivity contribution in [1.29, 1.82) is 0 Å². The molecule has 1 aliphatic rings. The number of benzene rings is 1. The van der Waals surface area contributed by atoms with E-state index in [1.807, 2.05) is 39.9 Å². The van der Waals surface area contributed by atoms with Crippen LogP contribution in [0.15, 0.2) is 41.1 Å². The topological polar surface area (TPSA) is 61.9 Å². The molecular weight excluding hydrogens is 410 g/mol. The SMILES string of the molecule is O=C(NCCCC(=O)N1CCN(CCOc2ccc(Cl)cc2)CC1)c1ccsc1. The van der Waals surface area contributed by atoms with Crippen LogP contribution in [0.1, 0.15) is 23.2 Å². The van der Waals surface area contributed by atoms with E-state index in [9.17, 15) is 9.59 Å². The molecule has 2 aromatic rings. The van der Waals surface area contributed by atoms with Crippen molar-refractivity contribution in [3.63, 3.8) is 0 Å². The first-order valence-electron chi connectivity index (χ1n) is 9.81. The van der Waals surface area contributed by atoms with Gasteiger partial charge in [-0.15, -0.1) is 0 Å². The molecule has 8 heteroatoms. The van der Waals surface area contributed by atoms with E-state index in [1.165, 1.54) is 11.3 Å². The van der Waals surface area contributed by atoms with E-state index in [0.29, 0.717) is 36.6 Å².